The number of aromatic nitrogens is 3. The van der Waals surface area contributed by atoms with Crippen molar-refractivity contribution in [3.63, 3.8) is 0 Å². The highest BCUT2D eigenvalue weighted by molar-refractivity contribution is 7.22. The summed E-state index contributed by atoms with van der Waals surface area (Å²) in [5, 5.41) is 6.70. The number of fused-ring (bicyclic) bond motifs is 1. The van der Waals surface area contributed by atoms with Crippen LogP contribution in [0.25, 0.3) is 10.3 Å². The molecule has 32 heavy (non-hydrogen) atoms. The summed E-state index contributed by atoms with van der Waals surface area (Å²) in [6, 6.07) is 5.24. The molecule has 2 N–H and O–H groups in total. The maximum atomic E-state index is 12.9. The molecular formula is C21H23ClN6O3S. The molecule has 168 valence electrons. The fraction of sp³-hybridized carbons (Fsp3) is 0.381. The van der Waals surface area contributed by atoms with E-state index in [0.717, 1.165) is 18.4 Å². The third-order valence-electron chi connectivity index (χ3n) is 5.52. The SMILES string of the molecule is CNC(=O)C1CCN(c2nc3ncn(CC(=O)Nc4ccc(C)c(Cl)c4)c(=O)c3s2)CC1. The largest absolute Gasteiger partial charge is 0.359 e. The number of nitrogens with one attached hydrogen (secondary N) is 2. The molecule has 1 aliphatic rings. The minimum Gasteiger partial charge on any atom is -0.359 e. The summed E-state index contributed by atoms with van der Waals surface area (Å²) in [5.74, 6) is -0.290. The van der Waals surface area contributed by atoms with Gasteiger partial charge in [0.1, 0.15) is 17.6 Å². The summed E-state index contributed by atoms with van der Waals surface area (Å²) in [7, 11) is 1.65. The fourth-order valence-corrected chi connectivity index (χ4v) is 4.85. The first kappa shape index (κ1) is 22.2. The number of rotatable bonds is 5. The lowest BCUT2D eigenvalue weighted by Crippen LogP contribution is -2.39. The Labute approximate surface area is 193 Å². The van der Waals surface area contributed by atoms with Crippen LogP contribution in [0.2, 0.25) is 5.02 Å². The molecule has 0 unspecified atom stereocenters. The normalized spacial score (nSPS) is 14.5. The molecule has 0 saturated carbocycles. The second-order valence-corrected chi connectivity index (χ2v) is 9.10. The van der Waals surface area contributed by atoms with Gasteiger partial charge in [-0.1, -0.05) is 29.0 Å². The van der Waals surface area contributed by atoms with Crippen LogP contribution in [0.4, 0.5) is 10.8 Å². The monoisotopic (exact) mass is 474 g/mol. The van der Waals surface area contributed by atoms with Crippen LogP contribution in [-0.4, -0.2) is 46.5 Å². The Morgan fingerprint density at radius 2 is 2.03 bits per heavy atom. The minimum absolute atomic E-state index is 0.00269. The number of hydrogen-bond donors (Lipinski definition) is 2. The summed E-state index contributed by atoms with van der Waals surface area (Å²) in [5.41, 5.74) is 1.53. The third kappa shape index (κ3) is 4.61. The fourth-order valence-electron chi connectivity index (χ4n) is 3.65. The second kappa shape index (κ2) is 9.25. The number of hydrogen-bond acceptors (Lipinski definition) is 7. The molecule has 1 saturated heterocycles. The molecule has 9 nitrogen and oxygen atoms in total. The maximum Gasteiger partial charge on any atom is 0.273 e. The highest BCUT2D eigenvalue weighted by Crippen LogP contribution is 2.29. The zero-order chi connectivity index (χ0) is 22.8. The van der Waals surface area contributed by atoms with Gasteiger partial charge in [-0.15, -0.1) is 0 Å². The van der Waals surface area contributed by atoms with Crippen LogP contribution in [-0.2, 0) is 16.1 Å². The highest BCUT2D eigenvalue weighted by Gasteiger charge is 2.26. The standard InChI is InChI=1S/C21H23ClN6O3S/c1-12-3-4-14(9-15(12)22)25-16(29)10-28-11-24-18-17(20(28)31)32-21(26-18)27-7-5-13(6-8-27)19(30)23-2/h3-4,9,11,13H,5-8,10H2,1-2H3,(H,23,30)(H,25,29). The molecule has 11 heteroatoms. The Morgan fingerprint density at radius 3 is 2.72 bits per heavy atom. The van der Waals surface area contributed by atoms with Gasteiger partial charge in [0.15, 0.2) is 10.8 Å². The molecule has 3 aromatic rings. The van der Waals surface area contributed by atoms with Crippen LogP contribution >= 0.6 is 22.9 Å². The van der Waals surface area contributed by atoms with E-state index in [1.807, 2.05) is 13.0 Å². The quantitative estimate of drug-likeness (QED) is 0.587. The predicted molar refractivity (Wildman–Crippen MR) is 125 cm³/mol. The number of carbonyl (C=O) groups excluding carboxylic acids is 2. The molecule has 1 fully saturated rings. The van der Waals surface area contributed by atoms with E-state index in [2.05, 4.69) is 25.5 Å². The molecular weight excluding hydrogens is 452 g/mol. The van der Waals surface area contributed by atoms with Gasteiger partial charge in [0, 0.05) is 36.8 Å². The van der Waals surface area contributed by atoms with Crippen LogP contribution in [0.15, 0.2) is 29.3 Å². The first-order chi connectivity index (χ1) is 15.4. The number of anilines is 2. The molecule has 0 radical (unpaired) electrons. The number of carbonyl (C=O) groups is 2. The maximum absolute atomic E-state index is 12.9. The first-order valence-corrected chi connectivity index (χ1v) is 11.4. The Kier molecular flexibility index (Phi) is 6.43. The molecule has 3 heterocycles. The van der Waals surface area contributed by atoms with Crippen LogP contribution in [0.3, 0.4) is 0 Å². The van der Waals surface area contributed by atoms with Crippen molar-refractivity contribution in [2.75, 3.05) is 30.4 Å². The van der Waals surface area contributed by atoms with Gasteiger partial charge in [0.2, 0.25) is 11.8 Å². The van der Waals surface area contributed by atoms with Crippen molar-refractivity contribution in [2.24, 2.45) is 5.92 Å². The Morgan fingerprint density at radius 1 is 1.28 bits per heavy atom. The van der Waals surface area contributed by atoms with E-state index >= 15 is 0 Å². The number of piperidine rings is 1. The van der Waals surface area contributed by atoms with Crippen LogP contribution in [0.5, 0.6) is 0 Å². The van der Waals surface area contributed by atoms with Crippen molar-refractivity contribution < 1.29 is 9.59 Å². The van der Waals surface area contributed by atoms with Gasteiger partial charge < -0.3 is 15.5 Å². The number of aryl methyl sites for hydroxylation is 1. The molecule has 0 aliphatic carbocycles. The van der Waals surface area contributed by atoms with Gasteiger partial charge in [0.25, 0.3) is 5.56 Å². The molecule has 0 spiro atoms. The molecule has 1 aromatic carbocycles. The van der Waals surface area contributed by atoms with E-state index in [0.29, 0.717) is 39.3 Å². The van der Waals surface area contributed by atoms with E-state index in [1.54, 1.807) is 19.2 Å². The molecule has 4 rings (SSSR count). The van der Waals surface area contributed by atoms with Crippen molar-refractivity contribution in [1.29, 1.82) is 0 Å². The van der Waals surface area contributed by atoms with Crippen LogP contribution in [0, 0.1) is 12.8 Å². The zero-order valence-corrected chi connectivity index (χ0v) is 19.3. The lowest BCUT2D eigenvalue weighted by Gasteiger charge is -2.30. The van der Waals surface area contributed by atoms with E-state index in [1.165, 1.54) is 22.2 Å². The van der Waals surface area contributed by atoms with E-state index in [4.69, 9.17) is 11.6 Å². The predicted octanol–water partition coefficient (Wildman–Crippen LogP) is 2.42. The average molecular weight is 475 g/mol. The molecule has 2 aromatic heterocycles. The molecule has 0 atom stereocenters. The lowest BCUT2D eigenvalue weighted by atomic mass is 9.96. The van der Waals surface area contributed by atoms with Gasteiger partial charge in [-0.2, -0.15) is 4.98 Å². The van der Waals surface area contributed by atoms with Crippen molar-refractivity contribution in [3.8, 4) is 0 Å². The summed E-state index contributed by atoms with van der Waals surface area (Å²) < 4.78 is 1.68. The van der Waals surface area contributed by atoms with E-state index in [-0.39, 0.29) is 29.8 Å². The van der Waals surface area contributed by atoms with Gasteiger partial charge >= 0.3 is 0 Å². The van der Waals surface area contributed by atoms with Crippen molar-refractivity contribution in [1.82, 2.24) is 19.9 Å². The van der Waals surface area contributed by atoms with Gasteiger partial charge in [0.05, 0.1) is 0 Å². The van der Waals surface area contributed by atoms with Crippen molar-refractivity contribution in [3.05, 3.63) is 45.5 Å². The van der Waals surface area contributed by atoms with Gasteiger partial charge in [-0.3, -0.25) is 19.0 Å². The average Bonchev–Trinajstić information content (AvgIpc) is 3.23. The summed E-state index contributed by atoms with van der Waals surface area (Å²) in [6.45, 7) is 3.08. The lowest BCUT2D eigenvalue weighted by molar-refractivity contribution is -0.125. The van der Waals surface area contributed by atoms with Crippen molar-refractivity contribution >= 4 is 55.9 Å². The van der Waals surface area contributed by atoms with E-state index in [9.17, 15) is 14.4 Å². The second-order valence-electron chi connectivity index (χ2n) is 7.71. The zero-order valence-electron chi connectivity index (χ0n) is 17.7. The number of thiazole rings is 1. The van der Waals surface area contributed by atoms with Gasteiger partial charge in [-0.05, 0) is 37.5 Å². The number of benzene rings is 1. The smallest absolute Gasteiger partial charge is 0.273 e. The first-order valence-electron chi connectivity index (χ1n) is 10.2. The summed E-state index contributed by atoms with van der Waals surface area (Å²) >= 11 is 7.36. The highest BCUT2D eigenvalue weighted by atomic mass is 35.5. The Bertz CT molecular complexity index is 1230. The summed E-state index contributed by atoms with van der Waals surface area (Å²) in [4.78, 5) is 48.0. The molecule has 1 aliphatic heterocycles. The van der Waals surface area contributed by atoms with Crippen LogP contribution in [0.1, 0.15) is 18.4 Å². The van der Waals surface area contributed by atoms with E-state index < -0.39 is 0 Å². The topological polar surface area (TPSA) is 109 Å². The van der Waals surface area contributed by atoms with Crippen molar-refractivity contribution in [2.45, 2.75) is 26.3 Å². The molecule has 2 amide bonds. The van der Waals surface area contributed by atoms with Gasteiger partial charge in [-0.25, -0.2) is 4.98 Å². The number of nitrogens with zero attached hydrogens (tertiary/aromatic N) is 4. The summed E-state index contributed by atoms with van der Waals surface area (Å²) in [6.07, 6.45) is 2.81. The Hall–Kier alpha value is -2.98. The third-order valence-corrected chi connectivity index (χ3v) is 7.03. The minimum atomic E-state index is -0.353. The molecule has 0 bridgehead atoms. The number of amides is 2. The number of halogens is 1. The van der Waals surface area contributed by atoms with Crippen LogP contribution < -0.4 is 21.1 Å². The Balaban J connectivity index is 1.47.